The Morgan fingerprint density at radius 2 is 1.88 bits per heavy atom. The first kappa shape index (κ1) is 12.1. The number of benzene rings is 1. The lowest BCUT2D eigenvalue weighted by Crippen LogP contribution is -2.17. The van der Waals surface area contributed by atoms with Gasteiger partial charge in [-0.1, -0.05) is 35.0 Å². The third-order valence-electron chi connectivity index (χ3n) is 3.08. The molecule has 0 saturated heterocycles. The molecule has 16 heavy (non-hydrogen) atoms. The standard InChI is InChI=1S/C11H14BrNO2S/c1-2-16(14,15)11-9(10(11)13)7-3-5-8(12)6-4-7/h3-6,9-11H,2,13H2,1H3/t9-,10+,11+/m0/s1. The third-order valence-corrected chi connectivity index (χ3v) is 5.85. The van der Waals surface area contributed by atoms with E-state index in [9.17, 15) is 8.42 Å². The number of hydrogen-bond acceptors (Lipinski definition) is 3. The van der Waals surface area contributed by atoms with E-state index >= 15 is 0 Å². The molecule has 0 spiro atoms. The van der Waals surface area contributed by atoms with E-state index in [0.29, 0.717) is 0 Å². The molecule has 0 aliphatic heterocycles. The lowest BCUT2D eigenvalue weighted by molar-refractivity contribution is 0.594. The van der Waals surface area contributed by atoms with Crippen LogP contribution in [-0.4, -0.2) is 25.5 Å². The van der Waals surface area contributed by atoms with E-state index in [1.807, 2.05) is 24.3 Å². The zero-order chi connectivity index (χ0) is 11.9. The minimum atomic E-state index is -3.02. The van der Waals surface area contributed by atoms with Crippen molar-refractivity contribution in [2.45, 2.75) is 24.1 Å². The average molecular weight is 304 g/mol. The molecule has 0 heterocycles. The summed E-state index contributed by atoms with van der Waals surface area (Å²) in [5.74, 6) is 0.135. The van der Waals surface area contributed by atoms with Gasteiger partial charge in [-0.15, -0.1) is 0 Å². The van der Waals surface area contributed by atoms with Gasteiger partial charge in [-0.25, -0.2) is 8.42 Å². The Labute approximate surface area is 104 Å². The molecule has 1 aromatic carbocycles. The number of halogens is 1. The topological polar surface area (TPSA) is 60.2 Å². The van der Waals surface area contributed by atoms with Gasteiger partial charge in [-0.2, -0.15) is 0 Å². The van der Waals surface area contributed by atoms with Crippen molar-refractivity contribution >= 4 is 25.8 Å². The molecule has 0 bridgehead atoms. The first-order valence-electron chi connectivity index (χ1n) is 5.20. The van der Waals surface area contributed by atoms with Gasteiger partial charge in [0, 0.05) is 22.2 Å². The Hall–Kier alpha value is -0.390. The Bertz CT molecular complexity index is 483. The summed E-state index contributed by atoms with van der Waals surface area (Å²) >= 11 is 3.35. The van der Waals surface area contributed by atoms with Gasteiger partial charge in [0.25, 0.3) is 0 Å². The zero-order valence-electron chi connectivity index (χ0n) is 8.93. The molecule has 3 nitrogen and oxygen atoms in total. The van der Waals surface area contributed by atoms with Gasteiger partial charge < -0.3 is 5.73 Å². The van der Waals surface area contributed by atoms with Gasteiger partial charge >= 0.3 is 0 Å². The SMILES string of the molecule is CCS(=O)(=O)[C@H]1[C@H](N)[C@@H]1c1ccc(Br)cc1. The van der Waals surface area contributed by atoms with Crippen LogP contribution in [0.5, 0.6) is 0 Å². The summed E-state index contributed by atoms with van der Waals surface area (Å²) < 4.78 is 24.5. The van der Waals surface area contributed by atoms with Gasteiger partial charge in [0.1, 0.15) is 0 Å². The molecule has 0 unspecified atom stereocenters. The van der Waals surface area contributed by atoms with Crippen LogP contribution in [0.15, 0.2) is 28.7 Å². The summed E-state index contributed by atoms with van der Waals surface area (Å²) in [6.45, 7) is 1.67. The highest BCUT2D eigenvalue weighted by Crippen LogP contribution is 2.45. The van der Waals surface area contributed by atoms with Crippen LogP contribution in [0.3, 0.4) is 0 Å². The Morgan fingerprint density at radius 3 is 2.38 bits per heavy atom. The van der Waals surface area contributed by atoms with E-state index in [2.05, 4.69) is 15.9 Å². The molecule has 0 aromatic heterocycles. The largest absolute Gasteiger partial charge is 0.326 e. The number of nitrogens with two attached hydrogens (primary N) is 1. The van der Waals surface area contributed by atoms with Crippen LogP contribution >= 0.6 is 15.9 Å². The predicted octanol–water partition coefficient (Wildman–Crippen LogP) is 1.68. The van der Waals surface area contributed by atoms with E-state index in [4.69, 9.17) is 5.73 Å². The van der Waals surface area contributed by atoms with E-state index < -0.39 is 15.1 Å². The maximum Gasteiger partial charge on any atom is 0.155 e. The van der Waals surface area contributed by atoms with Crippen LogP contribution in [-0.2, 0) is 9.84 Å². The summed E-state index contributed by atoms with van der Waals surface area (Å²) in [6, 6.07) is 7.44. The second kappa shape index (κ2) is 4.13. The monoisotopic (exact) mass is 303 g/mol. The van der Waals surface area contributed by atoms with Gasteiger partial charge in [0.15, 0.2) is 9.84 Å². The smallest absolute Gasteiger partial charge is 0.155 e. The van der Waals surface area contributed by atoms with E-state index in [0.717, 1.165) is 10.0 Å². The summed E-state index contributed by atoms with van der Waals surface area (Å²) in [6.07, 6.45) is 0. The predicted molar refractivity (Wildman–Crippen MR) is 68.1 cm³/mol. The Kier molecular flexibility index (Phi) is 3.11. The summed E-state index contributed by atoms with van der Waals surface area (Å²) in [4.78, 5) is 0. The van der Waals surface area contributed by atoms with Crippen LogP contribution in [0.25, 0.3) is 0 Å². The average Bonchev–Trinajstić information content (AvgIpc) is 2.92. The molecule has 1 fully saturated rings. The number of hydrogen-bond donors (Lipinski definition) is 1. The van der Waals surface area contributed by atoms with Crippen LogP contribution in [0, 0.1) is 0 Å². The van der Waals surface area contributed by atoms with Crippen molar-refractivity contribution < 1.29 is 8.42 Å². The molecule has 1 aromatic rings. The maximum absolute atomic E-state index is 11.7. The Balaban J connectivity index is 2.24. The minimum Gasteiger partial charge on any atom is -0.326 e. The first-order valence-corrected chi connectivity index (χ1v) is 7.71. The van der Waals surface area contributed by atoms with Crippen molar-refractivity contribution in [2.24, 2.45) is 5.73 Å². The van der Waals surface area contributed by atoms with E-state index in [1.165, 1.54) is 0 Å². The van der Waals surface area contributed by atoms with Crippen molar-refractivity contribution in [1.82, 2.24) is 0 Å². The van der Waals surface area contributed by atoms with Crippen molar-refractivity contribution in [3.63, 3.8) is 0 Å². The number of sulfone groups is 1. The van der Waals surface area contributed by atoms with Crippen LogP contribution in [0.4, 0.5) is 0 Å². The van der Waals surface area contributed by atoms with Crippen molar-refractivity contribution in [2.75, 3.05) is 5.75 Å². The summed E-state index contributed by atoms with van der Waals surface area (Å²) in [5, 5.41) is -0.390. The van der Waals surface area contributed by atoms with Gasteiger partial charge in [0.05, 0.1) is 5.25 Å². The first-order chi connectivity index (χ1) is 7.47. The molecule has 1 aliphatic carbocycles. The number of rotatable bonds is 3. The molecular formula is C11H14BrNO2S. The van der Waals surface area contributed by atoms with Crippen LogP contribution in [0.2, 0.25) is 0 Å². The zero-order valence-corrected chi connectivity index (χ0v) is 11.3. The van der Waals surface area contributed by atoms with Crippen molar-refractivity contribution in [1.29, 1.82) is 0 Å². The molecule has 0 radical (unpaired) electrons. The maximum atomic E-state index is 11.7. The fourth-order valence-corrected chi connectivity index (χ4v) is 4.05. The van der Waals surface area contributed by atoms with Gasteiger partial charge in [0.2, 0.25) is 0 Å². The normalized spacial score (nSPS) is 29.1. The van der Waals surface area contributed by atoms with Crippen molar-refractivity contribution in [3.8, 4) is 0 Å². The molecule has 88 valence electrons. The molecular weight excluding hydrogens is 290 g/mol. The van der Waals surface area contributed by atoms with E-state index in [-0.39, 0.29) is 17.7 Å². The summed E-state index contributed by atoms with van der Waals surface area (Å²) in [5.41, 5.74) is 6.86. The van der Waals surface area contributed by atoms with Gasteiger partial charge in [-0.3, -0.25) is 0 Å². The second-order valence-electron chi connectivity index (χ2n) is 4.07. The molecule has 5 heteroatoms. The molecule has 1 aliphatic rings. The highest BCUT2D eigenvalue weighted by molar-refractivity contribution is 9.10. The van der Waals surface area contributed by atoms with Crippen LogP contribution < -0.4 is 5.73 Å². The van der Waals surface area contributed by atoms with Gasteiger partial charge in [-0.05, 0) is 17.7 Å². The molecule has 2 rings (SSSR count). The van der Waals surface area contributed by atoms with E-state index in [1.54, 1.807) is 6.92 Å². The second-order valence-corrected chi connectivity index (χ2v) is 7.43. The lowest BCUT2D eigenvalue weighted by Gasteiger charge is -2.00. The molecule has 0 amide bonds. The minimum absolute atomic E-state index is 0.0296. The highest BCUT2D eigenvalue weighted by Gasteiger charge is 2.55. The van der Waals surface area contributed by atoms with Crippen molar-refractivity contribution in [3.05, 3.63) is 34.3 Å². The fraction of sp³-hybridized carbons (Fsp3) is 0.455. The Morgan fingerprint density at radius 1 is 1.31 bits per heavy atom. The quantitative estimate of drug-likeness (QED) is 0.924. The summed E-state index contributed by atoms with van der Waals surface area (Å²) in [7, 11) is -3.02. The molecule has 3 atom stereocenters. The van der Waals surface area contributed by atoms with Crippen LogP contribution in [0.1, 0.15) is 18.4 Å². The highest BCUT2D eigenvalue weighted by atomic mass is 79.9. The third kappa shape index (κ3) is 2.04. The lowest BCUT2D eigenvalue weighted by atomic mass is 10.1. The molecule has 1 saturated carbocycles. The fourth-order valence-electron chi connectivity index (χ4n) is 2.06. The molecule has 2 N–H and O–H groups in total.